The Morgan fingerprint density at radius 2 is 2.12 bits per heavy atom. The number of aryl methyl sites for hydroxylation is 3. The highest BCUT2D eigenvalue weighted by Crippen LogP contribution is 2.26. The Kier molecular flexibility index (Phi) is 4.92. The summed E-state index contributed by atoms with van der Waals surface area (Å²) in [7, 11) is 1.98. The number of piperazine rings is 1. The number of imidazole rings is 1. The van der Waals surface area contributed by atoms with Gasteiger partial charge in [-0.2, -0.15) is 0 Å². The zero-order valence-corrected chi connectivity index (χ0v) is 14.7. The second-order valence-electron chi connectivity index (χ2n) is 6.45. The molecule has 0 bridgehead atoms. The summed E-state index contributed by atoms with van der Waals surface area (Å²) in [6.07, 6.45) is 7.18. The summed E-state index contributed by atoms with van der Waals surface area (Å²) in [6, 6.07) is 6.21. The molecule has 1 aliphatic carbocycles. The van der Waals surface area contributed by atoms with Gasteiger partial charge < -0.3 is 14.8 Å². The number of benzene rings is 1. The Morgan fingerprint density at radius 3 is 2.92 bits per heavy atom. The van der Waals surface area contributed by atoms with Gasteiger partial charge in [0.05, 0.1) is 0 Å². The molecule has 2 aromatic rings. The van der Waals surface area contributed by atoms with Crippen molar-refractivity contribution in [2.75, 3.05) is 19.6 Å². The van der Waals surface area contributed by atoms with Gasteiger partial charge in [0.2, 0.25) is 0 Å². The van der Waals surface area contributed by atoms with Crippen LogP contribution in [-0.2, 0) is 19.9 Å². The molecular weight excluding hydrogens is 324 g/mol. The molecule has 1 saturated heterocycles. The van der Waals surface area contributed by atoms with Crippen LogP contribution in [0.3, 0.4) is 0 Å². The molecule has 1 fully saturated rings. The van der Waals surface area contributed by atoms with Crippen molar-refractivity contribution in [3.8, 4) is 0 Å². The zero-order chi connectivity index (χ0) is 15.8. The molecule has 5 nitrogen and oxygen atoms in total. The second kappa shape index (κ2) is 6.95. The molecule has 2 heterocycles. The van der Waals surface area contributed by atoms with Gasteiger partial charge in [0.25, 0.3) is 5.91 Å². The number of hydrogen-bond donors (Lipinski definition) is 1. The van der Waals surface area contributed by atoms with Gasteiger partial charge >= 0.3 is 0 Å². The predicted molar refractivity (Wildman–Crippen MR) is 95.6 cm³/mol. The third-order valence-corrected chi connectivity index (χ3v) is 5.01. The first-order chi connectivity index (χ1) is 11.2. The molecule has 0 radical (unpaired) electrons. The first kappa shape index (κ1) is 17.0. The highest BCUT2D eigenvalue weighted by Gasteiger charge is 2.31. The number of hydrogen-bond acceptors (Lipinski definition) is 3. The summed E-state index contributed by atoms with van der Waals surface area (Å²) in [5, 5.41) is 3.38. The van der Waals surface area contributed by atoms with Gasteiger partial charge in [0.15, 0.2) is 0 Å². The molecule has 24 heavy (non-hydrogen) atoms. The highest BCUT2D eigenvalue weighted by molar-refractivity contribution is 5.95. The van der Waals surface area contributed by atoms with Crippen LogP contribution in [0.1, 0.15) is 39.8 Å². The van der Waals surface area contributed by atoms with Crippen LogP contribution < -0.4 is 5.32 Å². The molecule has 1 atom stereocenters. The number of nitrogens with zero attached hydrogens (tertiary/aromatic N) is 3. The number of carbonyl (C=O) groups is 1. The van der Waals surface area contributed by atoms with E-state index in [9.17, 15) is 4.79 Å². The van der Waals surface area contributed by atoms with Crippen LogP contribution in [0.2, 0.25) is 0 Å². The van der Waals surface area contributed by atoms with Crippen molar-refractivity contribution in [2.45, 2.75) is 25.3 Å². The Bertz CT molecular complexity index is 742. The summed E-state index contributed by atoms with van der Waals surface area (Å²) >= 11 is 0. The average molecular weight is 347 g/mol. The van der Waals surface area contributed by atoms with Crippen LogP contribution in [0.4, 0.5) is 0 Å². The third-order valence-electron chi connectivity index (χ3n) is 5.01. The maximum Gasteiger partial charge on any atom is 0.254 e. The molecule has 0 spiro atoms. The number of fused-ring (bicyclic) bond motifs is 1. The lowest BCUT2D eigenvalue weighted by atomic mass is 10.0. The number of halogens is 1. The van der Waals surface area contributed by atoms with E-state index in [1.807, 2.05) is 28.8 Å². The molecule has 4 rings (SSSR count). The van der Waals surface area contributed by atoms with Gasteiger partial charge in [-0.15, -0.1) is 12.4 Å². The van der Waals surface area contributed by atoms with E-state index in [0.29, 0.717) is 6.54 Å². The van der Waals surface area contributed by atoms with Crippen molar-refractivity contribution in [2.24, 2.45) is 7.05 Å². The van der Waals surface area contributed by atoms with Crippen molar-refractivity contribution in [1.29, 1.82) is 0 Å². The molecule has 0 saturated carbocycles. The summed E-state index contributed by atoms with van der Waals surface area (Å²) < 4.78 is 2.00. The first-order valence-electron chi connectivity index (χ1n) is 8.35. The molecule has 1 unspecified atom stereocenters. The van der Waals surface area contributed by atoms with E-state index in [1.54, 1.807) is 6.20 Å². The number of nitrogens with one attached hydrogen (secondary N) is 1. The van der Waals surface area contributed by atoms with E-state index >= 15 is 0 Å². The van der Waals surface area contributed by atoms with Crippen molar-refractivity contribution >= 4 is 18.3 Å². The van der Waals surface area contributed by atoms with Gasteiger partial charge in [0.1, 0.15) is 11.9 Å². The van der Waals surface area contributed by atoms with Gasteiger partial charge in [-0.25, -0.2) is 4.98 Å². The largest absolute Gasteiger partial charge is 0.336 e. The van der Waals surface area contributed by atoms with Crippen LogP contribution in [0.25, 0.3) is 0 Å². The summed E-state index contributed by atoms with van der Waals surface area (Å²) in [5.41, 5.74) is 3.56. The fourth-order valence-electron chi connectivity index (χ4n) is 3.75. The molecular formula is C18H23ClN4O. The number of rotatable bonds is 2. The lowest BCUT2D eigenvalue weighted by Crippen LogP contribution is -2.49. The first-order valence-corrected chi connectivity index (χ1v) is 8.35. The molecule has 1 aromatic heterocycles. The standard InChI is InChI=1S/C18H22N4O.ClH/c1-21-9-8-20-17(21)16-12-19-7-10-22(16)18(23)15-6-5-13-3-2-4-14(13)11-15;/h5-6,8-9,11,16,19H,2-4,7,10,12H2,1H3;1H. The number of aromatic nitrogens is 2. The molecule has 1 aliphatic heterocycles. The minimum atomic E-state index is -0.00972. The van der Waals surface area contributed by atoms with Crippen LogP contribution in [0, 0.1) is 0 Å². The van der Waals surface area contributed by atoms with Crippen LogP contribution in [-0.4, -0.2) is 40.0 Å². The van der Waals surface area contributed by atoms with Crippen molar-refractivity contribution in [1.82, 2.24) is 19.8 Å². The SMILES string of the molecule is Cl.Cn1ccnc1C1CNCCN1C(=O)c1ccc2c(c1)CCC2. The van der Waals surface area contributed by atoms with Gasteiger partial charge in [-0.1, -0.05) is 6.07 Å². The van der Waals surface area contributed by atoms with Crippen LogP contribution in [0.15, 0.2) is 30.6 Å². The lowest BCUT2D eigenvalue weighted by molar-refractivity contribution is 0.0621. The average Bonchev–Trinajstić information content (AvgIpc) is 3.22. The van der Waals surface area contributed by atoms with E-state index in [1.165, 1.54) is 17.5 Å². The minimum absolute atomic E-state index is 0. The van der Waals surface area contributed by atoms with Crippen LogP contribution in [0.5, 0.6) is 0 Å². The van der Waals surface area contributed by atoms with E-state index in [4.69, 9.17) is 0 Å². The number of amides is 1. The van der Waals surface area contributed by atoms with E-state index < -0.39 is 0 Å². The van der Waals surface area contributed by atoms with E-state index in [-0.39, 0.29) is 24.4 Å². The summed E-state index contributed by atoms with van der Waals surface area (Å²) in [6.45, 7) is 2.30. The van der Waals surface area contributed by atoms with Crippen LogP contribution >= 0.6 is 12.4 Å². The Hall–Kier alpha value is -1.85. The van der Waals surface area contributed by atoms with Crippen molar-refractivity contribution in [3.63, 3.8) is 0 Å². The summed E-state index contributed by atoms with van der Waals surface area (Å²) in [4.78, 5) is 19.5. The molecule has 2 aliphatic rings. The molecule has 1 N–H and O–H groups in total. The topological polar surface area (TPSA) is 50.2 Å². The van der Waals surface area contributed by atoms with Gasteiger partial charge in [-0.05, 0) is 42.5 Å². The fraction of sp³-hybridized carbons (Fsp3) is 0.444. The fourth-order valence-corrected chi connectivity index (χ4v) is 3.75. The van der Waals surface area contributed by atoms with Crippen molar-refractivity contribution in [3.05, 3.63) is 53.1 Å². The smallest absolute Gasteiger partial charge is 0.254 e. The monoisotopic (exact) mass is 346 g/mol. The molecule has 128 valence electrons. The minimum Gasteiger partial charge on any atom is -0.336 e. The zero-order valence-electron chi connectivity index (χ0n) is 13.9. The maximum absolute atomic E-state index is 13.1. The quantitative estimate of drug-likeness (QED) is 0.906. The molecule has 6 heteroatoms. The normalized spacial score (nSPS) is 19.7. The lowest BCUT2D eigenvalue weighted by Gasteiger charge is -2.36. The molecule has 1 amide bonds. The Balaban J connectivity index is 0.00000169. The predicted octanol–water partition coefficient (Wildman–Crippen LogP) is 2.12. The summed E-state index contributed by atoms with van der Waals surface area (Å²) in [5.74, 6) is 1.06. The third kappa shape index (κ3) is 2.94. The molecule has 1 aromatic carbocycles. The van der Waals surface area contributed by atoms with E-state index in [0.717, 1.165) is 37.3 Å². The Labute approximate surface area is 148 Å². The number of carbonyl (C=O) groups excluding carboxylic acids is 1. The van der Waals surface area contributed by atoms with Gasteiger partial charge in [-0.3, -0.25) is 4.79 Å². The van der Waals surface area contributed by atoms with E-state index in [2.05, 4.69) is 22.4 Å². The maximum atomic E-state index is 13.1. The van der Waals surface area contributed by atoms with Crippen molar-refractivity contribution < 1.29 is 4.79 Å². The van der Waals surface area contributed by atoms with Gasteiger partial charge in [0, 0.05) is 44.6 Å². The highest BCUT2D eigenvalue weighted by atomic mass is 35.5. The second-order valence-corrected chi connectivity index (χ2v) is 6.45. The Morgan fingerprint density at radius 1 is 1.29 bits per heavy atom.